The van der Waals surface area contributed by atoms with Gasteiger partial charge in [0, 0.05) is 42.8 Å². The molecule has 4 rings (SSSR count). The molecule has 2 aromatic rings. The van der Waals surface area contributed by atoms with Gasteiger partial charge in [0.05, 0.1) is 24.0 Å². The second-order valence-corrected chi connectivity index (χ2v) is 9.89. The predicted octanol–water partition coefficient (Wildman–Crippen LogP) is 4.00. The fraction of sp³-hybridized carbons (Fsp3) is 0.500. The molecule has 1 aromatic heterocycles. The molecule has 2 fully saturated rings. The molecule has 31 heavy (non-hydrogen) atoms. The van der Waals surface area contributed by atoms with E-state index < -0.39 is 0 Å². The van der Waals surface area contributed by atoms with Crippen LogP contribution in [0, 0.1) is 0 Å². The van der Waals surface area contributed by atoms with Crippen LogP contribution in [-0.2, 0) is 4.74 Å². The summed E-state index contributed by atoms with van der Waals surface area (Å²) in [6.45, 7) is 6.62. The highest BCUT2D eigenvalue weighted by Crippen LogP contribution is 2.29. The molecular formula is C24H31N3O3S. The third kappa shape index (κ3) is 5.33. The summed E-state index contributed by atoms with van der Waals surface area (Å²) in [5.74, 6) is 3.63. The van der Waals surface area contributed by atoms with E-state index in [1.807, 2.05) is 48.2 Å². The first kappa shape index (κ1) is 22.0. The number of thioether (sulfide) groups is 1. The van der Waals surface area contributed by atoms with Crippen LogP contribution < -0.4 is 15.0 Å². The second kappa shape index (κ2) is 9.49. The molecule has 1 aromatic carbocycles. The summed E-state index contributed by atoms with van der Waals surface area (Å²) in [4.78, 5) is 20.5. The number of amides is 1. The van der Waals surface area contributed by atoms with E-state index in [0.29, 0.717) is 12.2 Å². The molecule has 0 radical (unpaired) electrons. The summed E-state index contributed by atoms with van der Waals surface area (Å²) in [7, 11) is 1.66. The highest BCUT2D eigenvalue weighted by atomic mass is 32.2. The molecule has 2 aliphatic heterocycles. The molecule has 0 spiro atoms. The average Bonchev–Trinajstić information content (AvgIpc) is 2.78. The number of hydrogen-bond donors (Lipinski definition) is 1. The maximum absolute atomic E-state index is 13.3. The number of nitrogens with one attached hydrogen (secondary N) is 1. The Morgan fingerprint density at radius 3 is 2.61 bits per heavy atom. The molecule has 2 aliphatic rings. The van der Waals surface area contributed by atoms with Crippen LogP contribution in [0.3, 0.4) is 0 Å². The first-order valence-corrected chi connectivity index (χ1v) is 12.0. The van der Waals surface area contributed by atoms with Gasteiger partial charge in [0.15, 0.2) is 0 Å². The van der Waals surface area contributed by atoms with Crippen LogP contribution in [0.2, 0.25) is 0 Å². The van der Waals surface area contributed by atoms with E-state index in [9.17, 15) is 4.79 Å². The van der Waals surface area contributed by atoms with Crippen molar-refractivity contribution >= 4 is 23.5 Å². The number of anilines is 1. The predicted molar refractivity (Wildman–Crippen MR) is 126 cm³/mol. The van der Waals surface area contributed by atoms with Gasteiger partial charge in [0.25, 0.3) is 5.91 Å². The number of pyridine rings is 1. The van der Waals surface area contributed by atoms with E-state index >= 15 is 0 Å². The Bertz CT molecular complexity index is 911. The summed E-state index contributed by atoms with van der Waals surface area (Å²) in [5.41, 5.74) is 2.30. The Labute approximate surface area is 188 Å². The fourth-order valence-electron chi connectivity index (χ4n) is 4.18. The minimum atomic E-state index is -0.209. The number of benzene rings is 1. The van der Waals surface area contributed by atoms with Crippen LogP contribution in [0.5, 0.6) is 5.75 Å². The van der Waals surface area contributed by atoms with E-state index in [2.05, 4.69) is 24.1 Å². The summed E-state index contributed by atoms with van der Waals surface area (Å²) < 4.78 is 11.1. The van der Waals surface area contributed by atoms with Gasteiger partial charge in [-0.3, -0.25) is 4.79 Å². The molecule has 166 valence electrons. The summed E-state index contributed by atoms with van der Waals surface area (Å²) in [5, 5.41) is 3.24. The van der Waals surface area contributed by atoms with Crippen molar-refractivity contribution in [3.05, 3.63) is 42.0 Å². The van der Waals surface area contributed by atoms with Crippen molar-refractivity contribution in [1.29, 1.82) is 0 Å². The molecule has 6 nitrogen and oxygen atoms in total. The van der Waals surface area contributed by atoms with Gasteiger partial charge in [-0.1, -0.05) is 0 Å². The van der Waals surface area contributed by atoms with E-state index in [4.69, 9.17) is 14.5 Å². The number of hydrogen-bond acceptors (Lipinski definition) is 6. The van der Waals surface area contributed by atoms with Crippen molar-refractivity contribution < 1.29 is 14.3 Å². The van der Waals surface area contributed by atoms with Crippen LogP contribution >= 0.6 is 11.8 Å². The topological polar surface area (TPSA) is 63.7 Å². The van der Waals surface area contributed by atoms with Crippen LogP contribution in [0.1, 0.15) is 37.0 Å². The average molecular weight is 442 g/mol. The molecule has 2 saturated heterocycles. The van der Waals surface area contributed by atoms with Gasteiger partial charge in [0.1, 0.15) is 11.6 Å². The lowest BCUT2D eigenvalue weighted by atomic mass is 9.93. The Kier molecular flexibility index (Phi) is 6.72. The third-order valence-corrected chi connectivity index (χ3v) is 6.79. The third-order valence-electron chi connectivity index (χ3n) is 5.85. The zero-order chi connectivity index (χ0) is 21.8. The molecule has 0 saturated carbocycles. The normalized spacial score (nSPS) is 20.9. The largest absolute Gasteiger partial charge is 0.497 e. The second-order valence-electron chi connectivity index (χ2n) is 8.67. The number of aromatic nitrogens is 1. The van der Waals surface area contributed by atoms with E-state index in [0.717, 1.165) is 60.3 Å². The summed E-state index contributed by atoms with van der Waals surface area (Å²) >= 11 is 1.94. The summed E-state index contributed by atoms with van der Waals surface area (Å²) in [6, 6.07) is 11.8. The number of ether oxygens (including phenoxy) is 2. The molecule has 1 atom stereocenters. The maximum Gasteiger partial charge on any atom is 0.255 e. The van der Waals surface area contributed by atoms with Gasteiger partial charge in [0.2, 0.25) is 0 Å². The number of rotatable bonds is 5. The summed E-state index contributed by atoms with van der Waals surface area (Å²) in [6.07, 6.45) is 1.65. The molecule has 7 heteroatoms. The van der Waals surface area contributed by atoms with Gasteiger partial charge >= 0.3 is 0 Å². The molecule has 1 N–H and O–H groups in total. The first-order valence-electron chi connectivity index (χ1n) is 10.9. The van der Waals surface area contributed by atoms with Crippen molar-refractivity contribution in [1.82, 2.24) is 10.3 Å². The van der Waals surface area contributed by atoms with Gasteiger partial charge in [-0.2, -0.15) is 11.8 Å². The van der Waals surface area contributed by atoms with Crippen molar-refractivity contribution in [2.75, 3.05) is 43.2 Å². The Morgan fingerprint density at radius 1 is 1.19 bits per heavy atom. The van der Waals surface area contributed by atoms with Crippen molar-refractivity contribution in [2.45, 2.75) is 38.3 Å². The van der Waals surface area contributed by atoms with Crippen molar-refractivity contribution in [3.8, 4) is 17.0 Å². The zero-order valence-electron chi connectivity index (χ0n) is 18.5. The minimum Gasteiger partial charge on any atom is -0.497 e. The van der Waals surface area contributed by atoms with E-state index in [1.165, 1.54) is 0 Å². The van der Waals surface area contributed by atoms with Gasteiger partial charge in [-0.25, -0.2) is 4.98 Å². The van der Waals surface area contributed by atoms with E-state index in [1.54, 1.807) is 7.11 Å². The highest BCUT2D eigenvalue weighted by molar-refractivity contribution is 7.99. The number of carbonyl (C=O) groups is 1. The van der Waals surface area contributed by atoms with Crippen molar-refractivity contribution in [3.63, 3.8) is 0 Å². The molecule has 0 bridgehead atoms. The SMILES string of the molecule is COc1ccc(-c2ccc(C(=O)N[C@@H]3CCOC(C)(C)C3)c(N3CCSCC3)n2)cc1. The lowest BCUT2D eigenvalue weighted by molar-refractivity contribution is -0.0615. The van der Waals surface area contributed by atoms with Crippen LogP contribution in [0.15, 0.2) is 36.4 Å². The smallest absolute Gasteiger partial charge is 0.255 e. The molecule has 0 unspecified atom stereocenters. The zero-order valence-corrected chi connectivity index (χ0v) is 19.3. The maximum atomic E-state index is 13.3. The number of carbonyl (C=O) groups excluding carboxylic acids is 1. The van der Waals surface area contributed by atoms with E-state index in [-0.39, 0.29) is 17.6 Å². The van der Waals surface area contributed by atoms with Crippen molar-refractivity contribution in [2.24, 2.45) is 0 Å². The fourth-order valence-corrected chi connectivity index (χ4v) is 5.09. The van der Waals surface area contributed by atoms with Gasteiger partial charge in [-0.05, 0) is 63.1 Å². The Balaban J connectivity index is 1.61. The molecule has 3 heterocycles. The van der Waals surface area contributed by atoms with Crippen LogP contribution in [0.25, 0.3) is 11.3 Å². The lowest BCUT2D eigenvalue weighted by Gasteiger charge is -2.36. The minimum absolute atomic E-state index is 0.0512. The van der Waals surface area contributed by atoms with Crippen LogP contribution in [-0.4, -0.2) is 60.8 Å². The lowest BCUT2D eigenvalue weighted by Crippen LogP contribution is -2.46. The molecule has 0 aliphatic carbocycles. The quantitative estimate of drug-likeness (QED) is 0.757. The first-order chi connectivity index (χ1) is 14.9. The van der Waals surface area contributed by atoms with Gasteiger partial charge < -0.3 is 19.7 Å². The standard InChI is InChI=1S/C24H31N3O3S/c1-24(2)16-18(10-13-30-24)25-23(28)20-8-9-21(17-4-6-19(29-3)7-5-17)26-22(20)27-11-14-31-15-12-27/h4-9,18H,10-16H2,1-3H3,(H,25,28)/t18-/m1/s1. The Hall–Kier alpha value is -2.25. The highest BCUT2D eigenvalue weighted by Gasteiger charge is 2.31. The number of methoxy groups -OCH3 is 1. The number of nitrogens with zero attached hydrogens (tertiary/aromatic N) is 2. The Morgan fingerprint density at radius 2 is 1.94 bits per heavy atom. The molecular weight excluding hydrogens is 410 g/mol. The molecule has 1 amide bonds. The van der Waals surface area contributed by atoms with Crippen LogP contribution in [0.4, 0.5) is 5.82 Å². The monoisotopic (exact) mass is 441 g/mol. The van der Waals surface area contributed by atoms with Gasteiger partial charge in [-0.15, -0.1) is 0 Å².